The lowest BCUT2D eigenvalue weighted by atomic mass is 10.2. The van der Waals surface area contributed by atoms with E-state index in [1.54, 1.807) is 16.8 Å². The molecule has 4 nitrogen and oxygen atoms in total. The molecule has 0 aliphatic carbocycles. The van der Waals surface area contributed by atoms with Gasteiger partial charge in [0.25, 0.3) is 11.8 Å². The number of hydrogen-bond donors (Lipinski definition) is 2. The van der Waals surface area contributed by atoms with Crippen molar-refractivity contribution in [3.8, 4) is 0 Å². The van der Waals surface area contributed by atoms with Crippen molar-refractivity contribution in [2.24, 2.45) is 0 Å². The van der Waals surface area contributed by atoms with E-state index in [1.165, 1.54) is 6.07 Å². The number of carbonyl (C=O) groups is 2. The molecular formula is C10H7F3N2O2S. The molecule has 1 aromatic rings. The van der Waals surface area contributed by atoms with Gasteiger partial charge < -0.3 is 5.41 Å². The first-order valence-corrected chi connectivity index (χ1v) is 5.40. The zero-order chi connectivity index (χ0) is 13.8. The van der Waals surface area contributed by atoms with E-state index in [-0.39, 0.29) is 17.2 Å². The van der Waals surface area contributed by atoms with Crippen LogP contribution >= 0.6 is 11.3 Å². The third-order valence-electron chi connectivity index (χ3n) is 1.71. The largest absolute Gasteiger partial charge is 0.410 e. The minimum absolute atomic E-state index is 0.194. The molecule has 0 aliphatic rings. The van der Waals surface area contributed by atoms with Crippen LogP contribution in [0.5, 0.6) is 0 Å². The molecule has 0 saturated carbocycles. The van der Waals surface area contributed by atoms with E-state index >= 15 is 0 Å². The van der Waals surface area contributed by atoms with Crippen LogP contribution in [0.15, 0.2) is 29.2 Å². The summed E-state index contributed by atoms with van der Waals surface area (Å²) in [6.45, 7) is 0. The Hall–Kier alpha value is -1.96. The van der Waals surface area contributed by atoms with Gasteiger partial charge in [-0.25, -0.2) is 0 Å². The molecule has 2 amide bonds. The summed E-state index contributed by atoms with van der Waals surface area (Å²) in [5.41, 5.74) is -0.938. The lowest BCUT2D eigenvalue weighted by Gasteiger charge is -2.04. The summed E-state index contributed by atoms with van der Waals surface area (Å²) >= 11 is 1.04. The molecule has 18 heavy (non-hydrogen) atoms. The number of nitrogens with one attached hydrogen (secondary N) is 2. The molecule has 1 heterocycles. The highest BCUT2D eigenvalue weighted by molar-refractivity contribution is 7.12. The van der Waals surface area contributed by atoms with Crippen LogP contribution < -0.4 is 5.32 Å². The van der Waals surface area contributed by atoms with E-state index in [0.717, 1.165) is 11.3 Å². The Labute approximate surface area is 104 Å². The topological polar surface area (TPSA) is 70.0 Å². The molecule has 96 valence electrons. The minimum Gasteiger partial charge on any atom is -0.308 e. The first kappa shape index (κ1) is 14.1. The van der Waals surface area contributed by atoms with Crippen molar-refractivity contribution in [3.63, 3.8) is 0 Å². The van der Waals surface area contributed by atoms with Crippen molar-refractivity contribution in [2.75, 3.05) is 0 Å². The molecule has 1 aromatic heterocycles. The van der Waals surface area contributed by atoms with Gasteiger partial charge >= 0.3 is 6.18 Å². The second-order valence-corrected chi connectivity index (χ2v) is 3.99. The Morgan fingerprint density at radius 1 is 1.39 bits per heavy atom. The van der Waals surface area contributed by atoms with Crippen LogP contribution in [0.25, 0.3) is 0 Å². The van der Waals surface area contributed by atoms with E-state index in [9.17, 15) is 22.8 Å². The Balaban J connectivity index is 2.79. The molecule has 0 saturated heterocycles. The summed E-state index contributed by atoms with van der Waals surface area (Å²) < 4.78 is 36.1. The van der Waals surface area contributed by atoms with Crippen LogP contribution in [0.1, 0.15) is 9.67 Å². The average Bonchev–Trinajstić information content (AvgIpc) is 2.77. The summed E-state index contributed by atoms with van der Waals surface area (Å²) in [5.74, 6) is -2.06. The maximum Gasteiger partial charge on any atom is 0.410 e. The number of amides is 2. The highest BCUT2D eigenvalue weighted by atomic mass is 32.1. The van der Waals surface area contributed by atoms with Gasteiger partial charge in [-0.2, -0.15) is 13.2 Å². The lowest BCUT2D eigenvalue weighted by Crippen LogP contribution is -2.32. The van der Waals surface area contributed by atoms with Crippen LogP contribution in [0, 0.1) is 5.41 Å². The molecule has 0 aliphatic heterocycles. The minimum atomic E-state index is -4.73. The summed E-state index contributed by atoms with van der Waals surface area (Å²) in [5, 5.41) is 10.1. The van der Waals surface area contributed by atoms with Crippen LogP contribution in [0.4, 0.5) is 13.2 Å². The maximum absolute atomic E-state index is 12.0. The molecule has 0 fully saturated rings. The molecule has 0 aromatic carbocycles. The predicted octanol–water partition coefficient (Wildman–Crippen LogP) is 2.14. The molecule has 8 heteroatoms. The predicted molar refractivity (Wildman–Crippen MR) is 59.7 cm³/mol. The second kappa shape index (κ2) is 5.58. The molecule has 0 unspecified atom stereocenters. The Kier molecular flexibility index (Phi) is 4.38. The fourth-order valence-corrected chi connectivity index (χ4v) is 1.61. The lowest BCUT2D eigenvalue weighted by molar-refractivity contribution is -0.117. The van der Waals surface area contributed by atoms with Crippen molar-refractivity contribution < 1.29 is 22.8 Å². The van der Waals surface area contributed by atoms with Gasteiger partial charge in [0, 0.05) is 12.3 Å². The quantitative estimate of drug-likeness (QED) is 0.656. The number of rotatable bonds is 3. The van der Waals surface area contributed by atoms with Crippen molar-refractivity contribution in [3.05, 3.63) is 34.0 Å². The van der Waals surface area contributed by atoms with Crippen LogP contribution in [0.2, 0.25) is 0 Å². The van der Waals surface area contributed by atoms with Crippen molar-refractivity contribution in [1.29, 1.82) is 5.41 Å². The molecule has 0 spiro atoms. The van der Waals surface area contributed by atoms with Crippen molar-refractivity contribution in [1.82, 2.24) is 5.32 Å². The van der Waals surface area contributed by atoms with E-state index in [1.807, 2.05) is 0 Å². The molecular weight excluding hydrogens is 269 g/mol. The smallest absolute Gasteiger partial charge is 0.308 e. The van der Waals surface area contributed by atoms with Gasteiger partial charge in [0.15, 0.2) is 0 Å². The molecule has 1 rings (SSSR count). The van der Waals surface area contributed by atoms with Crippen molar-refractivity contribution in [2.45, 2.75) is 6.18 Å². The monoisotopic (exact) mass is 276 g/mol. The zero-order valence-electron chi connectivity index (χ0n) is 8.75. The Morgan fingerprint density at radius 3 is 2.50 bits per heavy atom. The van der Waals surface area contributed by atoms with E-state index in [0.29, 0.717) is 0 Å². The van der Waals surface area contributed by atoms with Gasteiger partial charge in [-0.15, -0.1) is 11.3 Å². The summed E-state index contributed by atoms with van der Waals surface area (Å²) in [6, 6.07) is 2.98. The van der Waals surface area contributed by atoms with E-state index in [2.05, 4.69) is 0 Å². The number of hydrogen-bond acceptors (Lipinski definition) is 4. The average molecular weight is 276 g/mol. The highest BCUT2D eigenvalue weighted by Gasteiger charge is 2.26. The molecule has 0 atom stereocenters. The number of carbonyl (C=O) groups excluding carboxylic acids is 2. The van der Waals surface area contributed by atoms with E-state index in [4.69, 9.17) is 5.41 Å². The third kappa shape index (κ3) is 4.13. The fraction of sp³-hybridized carbons (Fsp3) is 0.100. The van der Waals surface area contributed by atoms with Crippen LogP contribution in [0.3, 0.4) is 0 Å². The Bertz CT molecular complexity index is 492. The standard InChI is InChI=1S/C10H7F3N2O2S/c11-10(12,13)4-6(5-14)8(16)15-9(17)7-2-1-3-18-7/h1-5,14H,(H,15,16,17). The summed E-state index contributed by atoms with van der Waals surface area (Å²) in [4.78, 5) is 22.9. The molecule has 2 N–H and O–H groups in total. The maximum atomic E-state index is 12.0. The van der Waals surface area contributed by atoms with Crippen LogP contribution in [-0.2, 0) is 4.79 Å². The number of halogens is 3. The van der Waals surface area contributed by atoms with Gasteiger partial charge in [0.2, 0.25) is 0 Å². The van der Waals surface area contributed by atoms with Gasteiger partial charge in [-0.3, -0.25) is 14.9 Å². The third-order valence-corrected chi connectivity index (χ3v) is 2.58. The van der Waals surface area contributed by atoms with Gasteiger partial charge in [0.1, 0.15) is 0 Å². The summed E-state index contributed by atoms with van der Waals surface area (Å²) in [7, 11) is 0. The summed E-state index contributed by atoms with van der Waals surface area (Å²) in [6.07, 6.45) is -4.82. The normalized spacial score (nSPS) is 12.1. The number of allylic oxidation sites excluding steroid dienone is 1. The highest BCUT2D eigenvalue weighted by Crippen LogP contribution is 2.18. The van der Waals surface area contributed by atoms with E-state index < -0.39 is 23.6 Å². The SMILES string of the molecule is N=CC(=CC(F)(F)F)C(=O)NC(=O)c1cccs1. The molecule has 0 radical (unpaired) electrons. The van der Waals surface area contributed by atoms with Crippen LogP contribution in [-0.4, -0.2) is 24.2 Å². The number of imide groups is 1. The first-order chi connectivity index (χ1) is 8.33. The van der Waals surface area contributed by atoms with Crippen molar-refractivity contribution >= 4 is 29.4 Å². The van der Waals surface area contributed by atoms with Gasteiger partial charge in [0.05, 0.1) is 10.5 Å². The first-order valence-electron chi connectivity index (χ1n) is 4.53. The van der Waals surface area contributed by atoms with Gasteiger partial charge in [-0.05, 0) is 11.4 Å². The number of thiophene rings is 1. The number of alkyl halides is 3. The fourth-order valence-electron chi connectivity index (χ4n) is 0.994. The second-order valence-electron chi connectivity index (χ2n) is 3.05. The van der Waals surface area contributed by atoms with Gasteiger partial charge in [-0.1, -0.05) is 6.07 Å². The zero-order valence-corrected chi connectivity index (χ0v) is 9.56. The molecule has 0 bridgehead atoms. The Morgan fingerprint density at radius 2 is 2.06 bits per heavy atom.